The van der Waals surface area contributed by atoms with Crippen LogP contribution < -0.4 is 0 Å². The lowest BCUT2D eigenvalue weighted by atomic mass is 9.84. The van der Waals surface area contributed by atoms with Crippen molar-refractivity contribution in [3.8, 4) is 0 Å². The van der Waals surface area contributed by atoms with Gasteiger partial charge in [-0.2, -0.15) is 0 Å². The fourth-order valence-electron chi connectivity index (χ4n) is 2.69. The van der Waals surface area contributed by atoms with E-state index < -0.39 is 9.84 Å². The van der Waals surface area contributed by atoms with E-state index in [2.05, 4.69) is 15.9 Å². The topological polar surface area (TPSA) is 51.2 Å². The number of halogens is 1. The van der Waals surface area contributed by atoms with Gasteiger partial charge in [-0.3, -0.25) is 4.79 Å². The Hall–Kier alpha value is -0.940. The Balaban J connectivity index is 2.14. The Morgan fingerprint density at radius 3 is 2.62 bits per heavy atom. The summed E-state index contributed by atoms with van der Waals surface area (Å²) in [6.07, 6.45) is 3.84. The van der Waals surface area contributed by atoms with Gasteiger partial charge in [0.15, 0.2) is 9.84 Å². The van der Waals surface area contributed by atoms with Gasteiger partial charge >= 0.3 is 0 Å². The molecule has 0 saturated heterocycles. The zero-order chi connectivity index (χ0) is 15.3. The number of sulfone groups is 1. The Morgan fingerprint density at radius 1 is 1.29 bits per heavy atom. The summed E-state index contributed by atoms with van der Waals surface area (Å²) in [4.78, 5) is 11.8. The van der Waals surface area contributed by atoms with E-state index in [0.717, 1.165) is 18.4 Å². The van der Waals surface area contributed by atoms with E-state index in [1.807, 2.05) is 0 Å². The quantitative estimate of drug-likeness (QED) is 0.738. The fraction of sp³-hybridized carbons (Fsp3) is 0.438. The summed E-state index contributed by atoms with van der Waals surface area (Å²) in [6, 6.07) is 8.42. The van der Waals surface area contributed by atoms with Gasteiger partial charge < -0.3 is 0 Å². The van der Waals surface area contributed by atoms with Crippen LogP contribution in [0.1, 0.15) is 32.1 Å². The van der Waals surface area contributed by atoms with Crippen molar-refractivity contribution in [2.75, 3.05) is 5.33 Å². The maximum Gasteiger partial charge on any atom is 0.199 e. The van der Waals surface area contributed by atoms with E-state index in [9.17, 15) is 13.2 Å². The fourth-order valence-corrected chi connectivity index (χ4v) is 4.59. The molecule has 1 aromatic carbocycles. The lowest BCUT2D eigenvalue weighted by molar-refractivity contribution is -0.121. The smallest absolute Gasteiger partial charge is 0.199 e. The molecule has 1 atom stereocenters. The molecule has 0 amide bonds. The summed E-state index contributed by atoms with van der Waals surface area (Å²) in [5, 5.41) is 1.87. The predicted octanol–water partition coefficient (Wildman–Crippen LogP) is 3.89. The molecule has 0 N–H and O–H groups in total. The number of hydrogen-bond donors (Lipinski definition) is 0. The molecule has 114 valence electrons. The van der Waals surface area contributed by atoms with Crippen LogP contribution in [0, 0.1) is 5.92 Å². The van der Waals surface area contributed by atoms with Crippen molar-refractivity contribution in [1.29, 1.82) is 0 Å². The molecule has 0 bridgehead atoms. The van der Waals surface area contributed by atoms with Crippen LogP contribution in [0.15, 0.2) is 46.2 Å². The van der Waals surface area contributed by atoms with Crippen LogP contribution in [0.5, 0.6) is 0 Å². The second-order valence-corrected chi connectivity index (χ2v) is 7.83. The number of hydrogen-bond acceptors (Lipinski definition) is 3. The summed E-state index contributed by atoms with van der Waals surface area (Å²) in [5.74, 6) is 0.576. The molecule has 5 heteroatoms. The molecule has 21 heavy (non-hydrogen) atoms. The van der Waals surface area contributed by atoms with Crippen LogP contribution in [-0.2, 0) is 14.6 Å². The van der Waals surface area contributed by atoms with Crippen molar-refractivity contribution in [3.63, 3.8) is 0 Å². The minimum Gasteiger partial charge on any atom is -0.300 e. The van der Waals surface area contributed by atoms with Crippen LogP contribution in [-0.4, -0.2) is 19.5 Å². The Labute approximate surface area is 134 Å². The zero-order valence-electron chi connectivity index (χ0n) is 11.8. The maximum absolute atomic E-state index is 12.3. The van der Waals surface area contributed by atoms with Crippen molar-refractivity contribution in [1.82, 2.24) is 0 Å². The number of allylic oxidation sites excluding steroid dienone is 1. The average Bonchev–Trinajstić information content (AvgIpc) is 2.47. The van der Waals surface area contributed by atoms with Crippen molar-refractivity contribution >= 4 is 31.6 Å². The SMILES string of the molecule is O=C1CCCC(C/C(=C\S(=O)(=O)c2ccccc2)CBr)C1. The van der Waals surface area contributed by atoms with Gasteiger partial charge in [0.1, 0.15) is 5.78 Å². The van der Waals surface area contributed by atoms with Crippen LogP contribution in [0.4, 0.5) is 0 Å². The van der Waals surface area contributed by atoms with Gasteiger partial charge in [0.2, 0.25) is 0 Å². The number of rotatable bonds is 5. The number of benzene rings is 1. The average molecular weight is 371 g/mol. The molecular weight excluding hydrogens is 352 g/mol. The minimum atomic E-state index is -3.41. The Bertz CT molecular complexity index is 620. The van der Waals surface area contributed by atoms with Gasteiger partial charge in [0, 0.05) is 23.6 Å². The van der Waals surface area contributed by atoms with Crippen LogP contribution in [0.25, 0.3) is 0 Å². The summed E-state index contributed by atoms with van der Waals surface area (Å²) < 4.78 is 24.7. The molecule has 1 unspecified atom stereocenters. The molecule has 0 aromatic heterocycles. The van der Waals surface area contributed by atoms with Gasteiger partial charge in [-0.15, -0.1) is 0 Å². The molecule has 1 aliphatic rings. The maximum atomic E-state index is 12.3. The number of carbonyl (C=O) groups excluding carboxylic acids is 1. The van der Waals surface area contributed by atoms with Crippen molar-refractivity contribution in [2.24, 2.45) is 5.92 Å². The zero-order valence-corrected chi connectivity index (χ0v) is 14.2. The first-order chi connectivity index (χ1) is 10.0. The third kappa shape index (κ3) is 4.78. The highest BCUT2D eigenvalue weighted by atomic mass is 79.9. The van der Waals surface area contributed by atoms with E-state index in [4.69, 9.17) is 0 Å². The second kappa shape index (κ2) is 7.36. The number of carbonyl (C=O) groups is 1. The molecule has 1 aromatic rings. The van der Waals surface area contributed by atoms with Crippen molar-refractivity contribution in [2.45, 2.75) is 37.0 Å². The van der Waals surface area contributed by atoms with Gasteiger partial charge in [-0.1, -0.05) is 34.1 Å². The lowest BCUT2D eigenvalue weighted by Gasteiger charge is -2.21. The van der Waals surface area contributed by atoms with Gasteiger partial charge in [-0.05, 0) is 42.9 Å². The van der Waals surface area contributed by atoms with E-state index in [1.54, 1.807) is 30.3 Å². The molecular formula is C16H19BrO3S. The Morgan fingerprint density at radius 2 is 2.00 bits per heavy atom. The molecule has 1 saturated carbocycles. The highest BCUT2D eigenvalue weighted by Crippen LogP contribution is 2.28. The van der Waals surface area contributed by atoms with E-state index in [0.29, 0.717) is 35.3 Å². The normalized spacial score (nSPS) is 20.5. The second-order valence-electron chi connectivity index (χ2n) is 5.47. The first-order valence-corrected chi connectivity index (χ1v) is 9.75. The van der Waals surface area contributed by atoms with Gasteiger partial charge in [0.25, 0.3) is 0 Å². The first kappa shape index (κ1) is 16.4. The summed E-state index contributed by atoms with van der Waals surface area (Å²) in [6.45, 7) is 0. The number of Topliss-reactive ketones (excluding diaryl/α,β-unsaturated/α-hetero) is 1. The molecule has 0 heterocycles. The molecule has 1 fully saturated rings. The first-order valence-electron chi connectivity index (χ1n) is 7.08. The minimum absolute atomic E-state index is 0.279. The highest BCUT2D eigenvalue weighted by Gasteiger charge is 2.21. The van der Waals surface area contributed by atoms with Gasteiger partial charge in [-0.25, -0.2) is 8.42 Å². The van der Waals surface area contributed by atoms with Crippen molar-refractivity contribution < 1.29 is 13.2 Å². The summed E-state index contributed by atoms with van der Waals surface area (Å²) in [5.41, 5.74) is 0.832. The lowest BCUT2D eigenvalue weighted by Crippen LogP contribution is -2.16. The van der Waals surface area contributed by atoms with Crippen molar-refractivity contribution in [3.05, 3.63) is 41.3 Å². The Kier molecular flexibility index (Phi) is 5.76. The molecule has 0 radical (unpaired) electrons. The third-order valence-electron chi connectivity index (χ3n) is 3.70. The molecule has 1 aliphatic carbocycles. The standard InChI is InChI=1S/C16H19BrO3S/c17-11-14(9-13-5-4-6-15(18)10-13)12-21(19,20)16-7-2-1-3-8-16/h1-3,7-8,12-13H,4-6,9-11H2/b14-12+. The molecule has 2 rings (SSSR count). The number of ketones is 1. The third-order valence-corrected chi connectivity index (χ3v) is 5.99. The predicted molar refractivity (Wildman–Crippen MR) is 87.1 cm³/mol. The molecule has 0 spiro atoms. The van der Waals surface area contributed by atoms with Gasteiger partial charge in [0.05, 0.1) is 4.90 Å². The number of alkyl halides is 1. The van der Waals surface area contributed by atoms with E-state index >= 15 is 0 Å². The summed E-state index contributed by atoms with van der Waals surface area (Å²) in [7, 11) is -3.41. The molecule has 0 aliphatic heterocycles. The monoisotopic (exact) mass is 370 g/mol. The molecule has 3 nitrogen and oxygen atoms in total. The summed E-state index contributed by atoms with van der Waals surface area (Å²) >= 11 is 3.37. The van der Waals surface area contributed by atoms with E-state index in [1.165, 1.54) is 5.41 Å². The largest absolute Gasteiger partial charge is 0.300 e. The van der Waals surface area contributed by atoms with Crippen LogP contribution >= 0.6 is 15.9 Å². The van der Waals surface area contributed by atoms with E-state index in [-0.39, 0.29) is 5.92 Å². The highest BCUT2D eigenvalue weighted by molar-refractivity contribution is 9.09. The van der Waals surface area contributed by atoms with Crippen LogP contribution in [0.2, 0.25) is 0 Å². The van der Waals surface area contributed by atoms with Crippen LogP contribution in [0.3, 0.4) is 0 Å².